The number of hydrogen-bond acceptors (Lipinski definition) is 3. The van der Waals surface area contributed by atoms with Crippen LogP contribution >= 0.6 is 0 Å². The van der Waals surface area contributed by atoms with E-state index in [1.54, 1.807) is 0 Å². The van der Waals surface area contributed by atoms with Gasteiger partial charge in [0.1, 0.15) is 0 Å². The highest BCUT2D eigenvalue weighted by atomic mass is 16.3. The van der Waals surface area contributed by atoms with Crippen molar-refractivity contribution in [3.63, 3.8) is 0 Å². The third-order valence-electron chi connectivity index (χ3n) is 5.24. The number of rotatable bonds is 2. The Hall–Kier alpha value is -0.990. The summed E-state index contributed by atoms with van der Waals surface area (Å²) in [4.78, 5) is 23.5. The Morgan fingerprint density at radius 1 is 1.39 bits per heavy atom. The maximum atomic E-state index is 12.4. The molecule has 3 heteroatoms. The van der Waals surface area contributed by atoms with Crippen LogP contribution in [0.1, 0.15) is 53.4 Å². The van der Waals surface area contributed by atoms with Crippen molar-refractivity contribution in [3.05, 3.63) is 16.2 Å². The fourth-order valence-electron chi connectivity index (χ4n) is 3.71. The molecule has 0 aliphatic heterocycles. The largest absolute Gasteiger partial charge is 0.292 e. The minimum atomic E-state index is -0.0352. The maximum Gasteiger partial charge on any atom is 0.188 e. The molecule has 0 aromatic rings. The van der Waals surface area contributed by atoms with E-state index in [2.05, 4.69) is 32.9 Å². The second-order valence-electron chi connectivity index (χ2n) is 6.55. The average Bonchev–Trinajstić information content (AvgIpc) is 2.31. The molecule has 1 saturated carbocycles. The minimum Gasteiger partial charge on any atom is -0.292 e. The van der Waals surface area contributed by atoms with Crippen LogP contribution in [0.15, 0.2) is 16.4 Å². The Kier molecular flexibility index (Phi) is 3.43. The topological polar surface area (TPSA) is 46.5 Å². The molecule has 0 saturated heterocycles. The smallest absolute Gasteiger partial charge is 0.188 e. The number of ketones is 1. The van der Waals surface area contributed by atoms with Crippen molar-refractivity contribution >= 4 is 5.78 Å². The van der Waals surface area contributed by atoms with Crippen molar-refractivity contribution < 1.29 is 4.79 Å². The third kappa shape index (κ3) is 1.84. The number of allylic oxidation sites excluding steroid dienone is 2. The molecule has 0 radical (unpaired) electrons. The van der Waals surface area contributed by atoms with E-state index in [1.165, 1.54) is 6.42 Å². The van der Waals surface area contributed by atoms with Crippen molar-refractivity contribution in [2.75, 3.05) is 0 Å². The third-order valence-corrected chi connectivity index (χ3v) is 5.24. The summed E-state index contributed by atoms with van der Waals surface area (Å²) < 4.78 is 0. The number of hydrogen-bond donors (Lipinski definition) is 0. The van der Waals surface area contributed by atoms with Gasteiger partial charge < -0.3 is 0 Å². The molecule has 3 atom stereocenters. The van der Waals surface area contributed by atoms with Gasteiger partial charge in [-0.05, 0) is 53.7 Å². The highest BCUT2D eigenvalue weighted by Gasteiger charge is 2.48. The van der Waals surface area contributed by atoms with E-state index in [0.717, 1.165) is 24.8 Å². The first-order valence-corrected chi connectivity index (χ1v) is 7.03. The standard InChI is InChI=1S/C15H23NO2/c1-9(2)11-8-15(4)10(3)6-5-7-12(15)13(16-18)14(11)17/h9-11H,5-8H2,1-4H3. The molecular weight excluding hydrogens is 226 g/mol. The van der Waals surface area contributed by atoms with Crippen molar-refractivity contribution in [1.82, 2.24) is 0 Å². The van der Waals surface area contributed by atoms with Crippen molar-refractivity contribution in [3.8, 4) is 0 Å². The molecule has 2 rings (SSSR count). The summed E-state index contributed by atoms with van der Waals surface area (Å²) in [6.45, 7) is 8.59. The van der Waals surface area contributed by atoms with Crippen LogP contribution in [0.4, 0.5) is 0 Å². The molecule has 0 amide bonds. The molecule has 2 aliphatic carbocycles. The predicted octanol–water partition coefficient (Wildman–Crippen LogP) is 4.08. The Bertz CT molecular complexity index is 411. The van der Waals surface area contributed by atoms with Crippen LogP contribution in [-0.4, -0.2) is 5.78 Å². The van der Waals surface area contributed by atoms with Crippen molar-refractivity contribution in [2.24, 2.45) is 28.3 Å². The molecule has 0 bridgehead atoms. The van der Waals surface area contributed by atoms with Crippen LogP contribution in [0.2, 0.25) is 0 Å². The lowest BCUT2D eigenvalue weighted by Gasteiger charge is -2.47. The number of Topliss-reactive ketones (excluding diaryl/α,β-unsaturated/α-hetero) is 1. The lowest BCUT2D eigenvalue weighted by atomic mass is 9.56. The zero-order valence-corrected chi connectivity index (χ0v) is 11.8. The fraction of sp³-hybridized carbons (Fsp3) is 0.800. The highest BCUT2D eigenvalue weighted by molar-refractivity contribution is 5.99. The molecule has 100 valence electrons. The van der Waals surface area contributed by atoms with Crippen molar-refractivity contribution in [1.29, 1.82) is 0 Å². The van der Waals surface area contributed by atoms with Gasteiger partial charge in [-0.15, -0.1) is 4.91 Å². The molecule has 0 aromatic heterocycles. The lowest BCUT2D eigenvalue weighted by Crippen LogP contribution is -2.42. The van der Waals surface area contributed by atoms with Crippen LogP contribution in [0.5, 0.6) is 0 Å². The normalized spacial score (nSPS) is 36.8. The molecule has 1 fully saturated rings. The first kappa shape index (κ1) is 13.4. The monoisotopic (exact) mass is 249 g/mol. The van der Waals surface area contributed by atoms with Crippen LogP contribution in [0, 0.1) is 28.1 Å². The zero-order chi connectivity index (χ0) is 13.5. The summed E-state index contributed by atoms with van der Waals surface area (Å²) in [6.07, 6.45) is 4.02. The molecule has 0 N–H and O–H groups in total. The summed E-state index contributed by atoms with van der Waals surface area (Å²) in [6, 6.07) is 0. The second-order valence-corrected chi connectivity index (χ2v) is 6.55. The maximum absolute atomic E-state index is 12.4. The first-order chi connectivity index (χ1) is 8.41. The van der Waals surface area contributed by atoms with E-state index in [1.807, 2.05) is 0 Å². The van der Waals surface area contributed by atoms with Gasteiger partial charge in [0.25, 0.3) is 0 Å². The summed E-state index contributed by atoms with van der Waals surface area (Å²) in [5, 5.41) is 3.11. The second kappa shape index (κ2) is 4.60. The van der Waals surface area contributed by atoms with E-state index in [9.17, 15) is 9.70 Å². The minimum absolute atomic E-state index is 0.00431. The van der Waals surface area contributed by atoms with E-state index in [0.29, 0.717) is 5.92 Å². The average molecular weight is 249 g/mol. The SMILES string of the molecule is CC(C)C1CC2(C)C(=C(N=O)C1=O)CCCC2C. The highest BCUT2D eigenvalue weighted by Crippen LogP contribution is 2.54. The number of nitrogens with zero attached hydrogens (tertiary/aromatic N) is 1. The number of nitroso groups, excluding NO2 is 1. The molecule has 0 aromatic carbocycles. The number of carbonyl (C=O) groups excluding carboxylic acids is 1. The predicted molar refractivity (Wildman–Crippen MR) is 71.9 cm³/mol. The molecule has 3 unspecified atom stereocenters. The number of carbonyl (C=O) groups is 1. The molecule has 18 heavy (non-hydrogen) atoms. The van der Waals surface area contributed by atoms with E-state index in [4.69, 9.17) is 0 Å². The van der Waals surface area contributed by atoms with Gasteiger partial charge >= 0.3 is 0 Å². The summed E-state index contributed by atoms with van der Waals surface area (Å²) in [7, 11) is 0. The van der Waals surface area contributed by atoms with Gasteiger partial charge in [-0.25, -0.2) is 0 Å². The van der Waals surface area contributed by atoms with Crippen LogP contribution in [0.25, 0.3) is 0 Å². The van der Waals surface area contributed by atoms with E-state index >= 15 is 0 Å². The molecule has 0 heterocycles. The quantitative estimate of drug-likeness (QED) is 0.692. The van der Waals surface area contributed by atoms with E-state index < -0.39 is 0 Å². The van der Waals surface area contributed by atoms with Gasteiger partial charge in [-0.1, -0.05) is 27.7 Å². The van der Waals surface area contributed by atoms with Gasteiger partial charge in [0.15, 0.2) is 11.5 Å². The Morgan fingerprint density at radius 3 is 2.61 bits per heavy atom. The van der Waals surface area contributed by atoms with Gasteiger partial charge in [0, 0.05) is 5.92 Å². The van der Waals surface area contributed by atoms with E-state index in [-0.39, 0.29) is 28.7 Å². The molecular formula is C15H23NO2. The summed E-state index contributed by atoms with van der Waals surface area (Å²) >= 11 is 0. The fourth-order valence-corrected chi connectivity index (χ4v) is 3.71. The molecule has 3 nitrogen and oxygen atoms in total. The van der Waals surface area contributed by atoms with Gasteiger partial charge in [-0.2, -0.15) is 0 Å². The number of fused-ring (bicyclic) bond motifs is 1. The Labute approximate surface area is 109 Å². The lowest BCUT2D eigenvalue weighted by molar-refractivity contribution is -0.123. The van der Waals surface area contributed by atoms with Gasteiger partial charge in [-0.3, -0.25) is 4.79 Å². The summed E-state index contributed by atoms with van der Waals surface area (Å²) in [5.41, 5.74) is 1.30. The van der Waals surface area contributed by atoms with Gasteiger partial charge in [0.2, 0.25) is 0 Å². The summed E-state index contributed by atoms with van der Waals surface area (Å²) in [5.74, 6) is 0.766. The van der Waals surface area contributed by atoms with Crippen molar-refractivity contribution in [2.45, 2.75) is 53.4 Å². The zero-order valence-electron chi connectivity index (χ0n) is 11.8. The Morgan fingerprint density at radius 2 is 2.06 bits per heavy atom. The van der Waals surface area contributed by atoms with Crippen LogP contribution in [-0.2, 0) is 4.79 Å². The van der Waals surface area contributed by atoms with Crippen LogP contribution < -0.4 is 0 Å². The van der Waals surface area contributed by atoms with Gasteiger partial charge in [0.05, 0.1) is 0 Å². The molecule has 0 spiro atoms. The molecule has 2 aliphatic rings. The Balaban J connectivity index is 2.53. The van der Waals surface area contributed by atoms with Crippen LogP contribution in [0.3, 0.4) is 0 Å². The first-order valence-electron chi connectivity index (χ1n) is 7.03.